The van der Waals surface area contributed by atoms with Crippen LogP contribution in [0.5, 0.6) is 5.75 Å². The number of ether oxygens (including phenoxy) is 1. The second-order valence-corrected chi connectivity index (χ2v) is 6.94. The van der Waals surface area contributed by atoms with Gasteiger partial charge in [-0.2, -0.15) is 0 Å². The van der Waals surface area contributed by atoms with Gasteiger partial charge in [-0.3, -0.25) is 20.5 Å². The second-order valence-electron chi connectivity index (χ2n) is 6.53. The van der Waals surface area contributed by atoms with Crippen molar-refractivity contribution in [2.75, 3.05) is 13.7 Å². The third kappa shape index (κ3) is 5.61. The number of thiocarbonyl (C=S) groups is 1. The van der Waals surface area contributed by atoms with Crippen molar-refractivity contribution >= 4 is 29.3 Å². The maximum Gasteiger partial charge on any atom is 0.250 e. The third-order valence-corrected chi connectivity index (χ3v) is 4.79. The summed E-state index contributed by atoms with van der Waals surface area (Å²) in [7, 11) is 1.62. The number of hydrogen-bond acceptors (Lipinski definition) is 5. The van der Waals surface area contributed by atoms with Gasteiger partial charge in [-0.15, -0.1) is 0 Å². The Hall–Kier alpha value is -2.77. The molecule has 1 aromatic heterocycles. The Morgan fingerprint density at radius 1 is 1.29 bits per heavy atom. The monoisotopic (exact) mass is 396 g/mol. The first kappa shape index (κ1) is 20.0. The molecule has 7 heteroatoms. The van der Waals surface area contributed by atoms with Crippen LogP contribution in [0.2, 0.25) is 0 Å². The molecular weight excluding hydrogens is 372 g/mol. The van der Waals surface area contributed by atoms with Crippen LogP contribution in [0.3, 0.4) is 0 Å². The van der Waals surface area contributed by atoms with Gasteiger partial charge < -0.3 is 4.74 Å². The standard InChI is InChI=1S/C21H24N4O2S/c1-27-18-10-7-16(8-11-18)9-12-20(26)23-21(28)24-25-14-3-2-6-19(25)17-5-4-13-22-15-17/h4-5,7-13,15,19H,2-3,6,14H2,1H3,(H2,23,24,26,28)/t19-/m0/s1. The normalized spacial score (nSPS) is 17.2. The minimum absolute atomic E-state index is 0.187. The van der Waals surface area contributed by atoms with E-state index in [0.717, 1.165) is 42.7 Å². The van der Waals surface area contributed by atoms with Crippen LogP contribution in [0.25, 0.3) is 6.08 Å². The Balaban J connectivity index is 1.54. The summed E-state index contributed by atoms with van der Waals surface area (Å²) in [5.74, 6) is 0.500. The van der Waals surface area contributed by atoms with Crippen molar-refractivity contribution in [2.45, 2.75) is 25.3 Å². The van der Waals surface area contributed by atoms with Gasteiger partial charge in [-0.25, -0.2) is 5.01 Å². The molecule has 0 spiro atoms. The number of methoxy groups -OCH3 is 1. The number of benzene rings is 1. The predicted octanol–water partition coefficient (Wildman–Crippen LogP) is 3.24. The molecule has 1 saturated heterocycles. The largest absolute Gasteiger partial charge is 0.497 e. The van der Waals surface area contributed by atoms with Crippen LogP contribution < -0.4 is 15.5 Å². The number of hydrazine groups is 1. The van der Waals surface area contributed by atoms with Gasteiger partial charge in [0.05, 0.1) is 13.2 Å². The lowest BCUT2D eigenvalue weighted by atomic mass is 9.98. The highest BCUT2D eigenvalue weighted by Crippen LogP contribution is 2.28. The number of nitrogens with one attached hydrogen (secondary N) is 2. The van der Waals surface area contributed by atoms with Crippen molar-refractivity contribution < 1.29 is 9.53 Å². The number of rotatable bonds is 5. The summed E-state index contributed by atoms with van der Waals surface area (Å²) in [4.78, 5) is 16.4. The zero-order chi connectivity index (χ0) is 19.8. The molecule has 2 heterocycles. The lowest BCUT2D eigenvalue weighted by molar-refractivity contribution is -0.115. The molecule has 0 unspecified atom stereocenters. The molecular formula is C21H24N4O2S. The number of pyridine rings is 1. The smallest absolute Gasteiger partial charge is 0.250 e. The summed E-state index contributed by atoms with van der Waals surface area (Å²) >= 11 is 5.33. The predicted molar refractivity (Wildman–Crippen MR) is 113 cm³/mol. The van der Waals surface area contributed by atoms with E-state index in [1.807, 2.05) is 36.5 Å². The first-order chi connectivity index (χ1) is 13.7. The first-order valence-corrected chi connectivity index (χ1v) is 9.67. The maximum atomic E-state index is 12.2. The highest BCUT2D eigenvalue weighted by molar-refractivity contribution is 7.80. The van der Waals surface area contributed by atoms with E-state index in [0.29, 0.717) is 5.11 Å². The van der Waals surface area contributed by atoms with E-state index in [-0.39, 0.29) is 11.9 Å². The summed E-state index contributed by atoms with van der Waals surface area (Å²) < 4.78 is 5.12. The number of carbonyl (C=O) groups is 1. The van der Waals surface area contributed by atoms with Crippen LogP contribution in [0.15, 0.2) is 54.9 Å². The number of nitrogens with zero attached hydrogens (tertiary/aromatic N) is 2. The first-order valence-electron chi connectivity index (χ1n) is 9.26. The van der Waals surface area contributed by atoms with Gasteiger partial charge in [0.15, 0.2) is 5.11 Å². The number of hydrogen-bond donors (Lipinski definition) is 2. The Morgan fingerprint density at radius 3 is 2.82 bits per heavy atom. The Bertz CT molecular complexity index is 824. The number of aromatic nitrogens is 1. The maximum absolute atomic E-state index is 12.2. The van der Waals surface area contributed by atoms with Crippen molar-refractivity contribution in [3.63, 3.8) is 0 Å². The molecule has 1 aliphatic rings. The van der Waals surface area contributed by atoms with Crippen molar-refractivity contribution in [1.82, 2.24) is 20.7 Å². The van der Waals surface area contributed by atoms with Crippen molar-refractivity contribution in [2.24, 2.45) is 0 Å². The van der Waals surface area contributed by atoms with Gasteiger partial charge in [-0.1, -0.05) is 24.6 Å². The van der Waals surface area contributed by atoms with Crippen LogP contribution in [-0.2, 0) is 4.79 Å². The fraction of sp³-hybridized carbons (Fsp3) is 0.286. The quantitative estimate of drug-likeness (QED) is 0.598. The van der Waals surface area contributed by atoms with Gasteiger partial charge in [0, 0.05) is 25.0 Å². The Labute approximate surface area is 170 Å². The van der Waals surface area contributed by atoms with E-state index in [1.54, 1.807) is 19.4 Å². The molecule has 1 atom stereocenters. The fourth-order valence-corrected chi connectivity index (χ4v) is 3.40. The molecule has 0 saturated carbocycles. The molecule has 0 bridgehead atoms. The van der Waals surface area contributed by atoms with Crippen LogP contribution in [0, 0.1) is 0 Å². The third-order valence-electron chi connectivity index (χ3n) is 4.60. The molecule has 0 aliphatic carbocycles. The molecule has 1 amide bonds. The molecule has 146 valence electrons. The zero-order valence-electron chi connectivity index (χ0n) is 15.8. The molecule has 3 rings (SSSR count). The van der Waals surface area contributed by atoms with Gasteiger partial charge in [0.25, 0.3) is 0 Å². The summed E-state index contributed by atoms with van der Waals surface area (Å²) in [5, 5.41) is 5.08. The molecule has 1 aromatic carbocycles. The summed E-state index contributed by atoms with van der Waals surface area (Å²) in [6.07, 6.45) is 10.1. The van der Waals surface area contributed by atoms with E-state index in [4.69, 9.17) is 17.0 Å². The van der Waals surface area contributed by atoms with Crippen molar-refractivity contribution in [1.29, 1.82) is 0 Å². The summed E-state index contributed by atoms with van der Waals surface area (Å²) in [6.45, 7) is 0.858. The minimum Gasteiger partial charge on any atom is -0.497 e. The van der Waals surface area contributed by atoms with E-state index in [2.05, 4.69) is 26.8 Å². The zero-order valence-corrected chi connectivity index (χ0v) is 16.6. The molecule has 0 radical (unpaired) electrons. The summed E-state index contributed by atoms with van der Waals surface area (Å²) in [6, 6.07) is 11.6. The molecule has 1 aliphatic heterocycles. The minimum atomic E-state index is -0.275. The van der Waals surface area contributed by atoms with E-state index in [9.17, 15) is 4.79 Å². The van der Waals surface area contributed by atoms with Crippen LogP contribution in [0.1, 0.15) is 36.4 Å². The SMILES string of the molecule is COc1ccc(C=CC(=O)NC(=S)NN2CCCC[C@H]2c2cccnc2)cc1. The molecule has 28 heavy (non-hydrogen) atoms. The van der Waals surface area contributed by atoms with Gasteiger partial charge in [0.1, 0.15) is 5.75 Å². The van der Waals surface area contributed by atoms with Gasteiger partial charge in [0.2, 0.25) is 5.91 Å². The molecule has 1 fully saturated rings. The van der Waals surface area contributed by atoms with E-state index < -0.39 is 0 Å². The Kier molecular flexibility index (Phi) is 7.11. The highest BCUT2D eigenvalue weighted by Gasteiger charge is 2.24. The molecule has 6 nitrogen and oxygen atoms in total. The van der Waals surface area contributed by atoms with Gasteiger partial charge >= 0.3 is 0 Å². The fourth-order valence-electron chi connectivity index (χ4n) is 3.18. The van der Waals surface area contributed by atoms with Crippen molar-refractivity contribution in [3.8, 4) is 5.75 Å². The summed E-state index contributed by atoms with van der Waals surface area (Å²) in [5.41, 5.74) is 5.21. The van der Waals surface area contributed by atoms with Crippen LogP contribution in [0.4, 0.5) is 0 Å². The van der Waals surface area contributed by atoms with Crippen LogP contribution >= 0.6 is 12.2 Å². The molecule has 2 aromatic rings. The Morgan fingerprint density at radius 2 is 2.11 bits per heavy atom. The average molecular weight is 397 g/mol. The van der Waals surface area contributed by atoms with Gasteiger partial charge in [-0.05, 0) is 60.5 Å². The number of piperidine rings is 1. The molecule has 2 N–H and O–H groups in total. The van der Waals surface area contributed by atoms with E-state index >= 15 is 0 Å². The lowest BCUT2D eigenvalue weighted by Gasteiger charge is -2.36. The van der Waals surface area contributed by atoms with E-state index in [1.165, 1.54) is 6.08 Å². The van der Waals surface area contributed by atoms with Crippen molar-refractivity contribution in [3.05, 3.63) is 66.0 Å². The van der Waals surface area contributed by atoms with Crippen LogP contribution in [-0.4, -0.2) is 34.7 Å². The topological polar surface area (TPSA) is 66.5 Å². The number of amides is 1. The average Bonchev–Trinajstić information content (AvgIpc) is 2.73. The number of carbonyl (C=O) groups excluding carboxylic acids is 1. The second kappa shape index (κ2) is 9.96. The lowest BCUT2D eigenvalue weighted by Crippen LogP contribution is -2.51. The highest BCUT2D eigenvalue weighted by atomic mass is 32.1.